The number of benzene rings is 1. The van der Waals surface area contributed by atoms with Crippen molar-refractivity contribution in [2.45, 2.75) is 13.3 Å². The smallest absolute Gasteiger partial charge is 0.303 e. The highest BCUT2D eigenvalue weighted by atomic mass is 79.9. The summed E-state index contributed by atoms with van der Waals surface area (Å²) in [5.41, 5.74) is 1.40. The predicted octanol–water partition coefficient (Wildman–Crippen LogP) is 2.38. The van der Waals surface area contributed by atoms with E-state index in [0.29, 0.717) is 12.1 Å². The second-order valence-corrected chi connectivity index (χ2v) is 4.17. The van der Waals surface area contributed by atoms with E-state index >= 15 is 0 Å². The van der Waals surface area contributed by atoms with Crippen LogP contribution in [0.5, 0.6) is 0 Å². The molecule has 0 aliphatic carbocycles. The number of rotatable bonds is 4. The van der Waals surface area contributed by atoms with Crippen LogP contribution in [0.2, 0.25) is 0 Å². The molecule has 0 aliphatic rings. The fourth-order valence-electron chi connectivity index (χ4n) is 1.14. The zero-order chi connectivity index (χ0) is 12.0. The van der Waals surface area contributed by atoms with E-state index in [1.165, 1.54) is 6.92 Å². The van der Waals surface area contributed by atoms with Crippen LogP contribution >= 0.6 is 15.9 Å². The summed E-state index contributed by atoms with van der Waals surface area (Å²) < 4.78 is 5.74. The lowest BCUT2D eigenvalue weighted by molar-refractivity contribution is -0.139. The number of hydrogen-bond acceptors (Lipinski definition) is 4. The SMILES string of the molecule is CC(=O)OC/C(Cc1ccc(Br)cc1)=N/O. The van der Waals surface area contributed by atoms with Crippen molar-refractivity contribution in [2.75, 3.05) is 6.61 Å². The second-order valence-electron chi connectivity index (χ2n) is 3.25. The standard InChI is InChI=1S/C11H12BrNO3/c1-8(14)16-7-11(13-15)6-9-2-4-10(12)5-3-9/h2-5,15H,6-7H2,1H3/b13-11+. The second kappa shape index (κ2) is 6.27. The van der Waals surface area contributed by atoms with Gasteiger partial charge in [-0.05, 0) is 17.7 Å². The molecule has 0 radical (unpaired) electrons. The van der Waals surface area contributed by atoms with Crippen molar-refractivity contribution in [3.05, 3.63) is 34.3 Å². The Hall–Kier alpha value is -1.36. The van der Waals surface area contributed by atoms with Crippen LogP contribution in [0.3, 0.4) is 0 Å². The monoisotopic (exact) mass is 285 g/mol. The van der Waals surface area contributed by atoms with E-state index in [1.54, 1.807) is 0 Å². The molecule has 1 rings (SSSR count). The number of carbonyl (C=O) groups is 1. The molecule has 0 saturated carbocycles. The Bertz CT molecular complexity index is 387. The van der Waals surface area contributed by atoms with E-state index in [2.05, 4.69) is 21.1 Å². The van der Waals surface area contributed by atoms with Crippen LogP contribution in [0.1, 0.15) is 12.5 Å². The van der Waals surface area contributed by atoms with Gasteiger partial charge in [0.1, 0.15) is 6.61 Å². The van der Waals surface area contributed by atoms with Gasteiger partial charge in [0.2, 0.25) is 0 Å². The summed E-state index contributed by atoms with van der Waals surface area (Å²) in [6, 6.07) is 7.61. The Morgan fingerprint density at radius 2 is 2.06 bits per heavy atom. The van der Waals surface area contributed by atoms with Gasteiger partial charge in [-0.25, -0.2) is 0 Å². The summed E-state index contributed by atoms with van der Waals surface area (Å²) in [5, 5.41) is 11.8. The van der Waals surface area contributed by atoms with Crippen molar-refractivity contribution in [1.29, 1.82) is 0 Å². The van der Waals surface area contributed by atoms with Gasteiger partial charge in [0.05, 0.1) is 5.71 Å². The van der Waals surface area contributed by atoms with E-state index in [1.807, 2.05) is 24.3 Å². The fourth-order valence-corrected chi connectivity index (χ4v) is 1.40. The Morgan fingerprint density at radius 1 is 1.44 bits per heavy atom. The molecule has 1 aromatic rings. The van der Waals surface area contributed by atoms with Crippen LogP contribution < -0.4 is 0 Å². The lowest BCUT2D eigenvalue weighted by atomic mass is 10.1. The molecular formula is C11H12BrNO3. The number of oxime groups is 1. The van der Waals surface area contributed by atoms with E-state index in [-0.39, 0.29) is 6.61 Å². The van der Waals surface area contributed by atoms with Crippen molar-refractivity contribution in [3.63, 3.8) is 0 Å². The summed E-state index contributed by atoms with van der Waals surface area (Å²) in [4.78, 5) is 10.6. The molecule has 0 fully saturated rings. The quantitative estimate of drug-likeness (QED) is 0.400. The summed E-state index contributed by atoms with van der Waals surface area (Å²) in [7, 11) is 0. The van der Waals surface area contributed by atoms with Gasteiger partial charge in [0.15, 0.2) is 0 Å². The molecule has 4 nitrogen and oxygen atoms in total. The highest BCUT2D eigenvalue weighted by Crippen LogP contribution is 2.11. The zero-order valence-electron chi connectivity index (χ0n) is 8.81. The lowest BCUT2D eigenvalue weighted by Crippen LogP contribution is -2.14. The van der Waals surface area contributed by atoms with Crippen molar-refractivity contribution in [2.24, 2.45) is 5.16 Å². The molecule has 1 N–H and O–H groups in total. The average molecular weight is 286 g/mol. The molecule has 86 valence electrons. The van der Waals surface area contributed by atoms with Gasteiger partial charge in [-0.2, -0.15) is 0 Å². The predicted molar refractivity (Wildman–Crippen MR) is 63.7 cm³/mol. The first-order valence-electron chi connectivity index (χ1n) is 4.69. The van der Waals surface area contributed by atoms with Crippen molar-refractivity contribution >= 4 is 27.6 Å². The molecule has 0 unspecified atom stereocenters. The normalized spacial score (nSPS) is 11.2. The zero-order valence-corrected chi connectivity index (χ0v) is 10.4. The molecule has 5 heteroatoms. The fraction of sp³-hybridized carbons (Fsp3) is 0.273. The van der Waals surface area contributed by atoms with Crippen LogP contribution in [-0.4, -0.2) is 23.5 Å². The number of nitrogens with zero attached hydrogens (tertiary/aromatic N) is 1. The molecule has 1 aromatic carbocycles. The third-order valence-electron chi connectivity index (χ3n) is 1.90. The van der Waals surface area contributed by atoms with Crippen LogP contribution in [0, 0.1) is 0 Å². The van der Waals surface area contributed by atoms with E-state index < -0.39 is 5.97 Å². The van der Waals surface area contributed by atoms with E-state index in [0.717, 1.165) is 10.0 Å². The Balaban J connectivity index is 2.57. The first-order valence-corrected chi connectivity index (χ1v) is 5.48. The maximum atomic E-state index is 10.6. The molecular weight excluding hydrogens is 274 g/mol. The Morgan fingerprint density at radius 3 is 2.56 bits per heavy atom. The maximum Gasteiger partial charge on any atom is 0.303 e. The number of ether oxygens (including phenoxy) is 1. The van der Waals surface area contributed by atoms with Crippen molar-refractivity contribution in [1.82, 2.24) is 0 Å². The van der Waals surface area contributed by atoms with Gasteiger partial charge in [-0.15, -0.1) is 0 Å². The van der Waals surface area contributed by atoms with Crippen molar-refractivity contribution < 1.29 is 14.7 Å². The van der Waals surface area contributed by atoms with Gasteiger partial charge >= 0.3 is 5.97 Å². The molecule has 0 spiro atoms. The molecule has 0 atom stereocenters. The molecule has 0 amide bonds. The minimum absolute atomic E-state index is 0.0158. The molecule has 0 aliphatic heterocycles. The molecule has 0 heterocycles. The van der Waals surface area contributed by atoms with E-state index in [4.69, 9.17) is 9.94 Å². The van der Waals surface area contributed by atoms with E-state index in [9.17, 15) is 4.79 Å². The van der Waals surface area contributed by atoms with Gasteiger partial charge in [0.25, 0.3) is 0 Å². The largest absolute Gasteiger partial charge is 0.460 e. The van der Waals surface area contributed by atoms with Crippen LogP contribution in [-0.2, 0) is 16.0 Å². The van der Waals surface area contributed by atoms with Gasteiger partial charge in [-0.1, -0.05) is 33.2 Å². The minimum atomic E-state index is -0.392. The Labute approximate surface area is 102 Å². The first-order chi connectivity index (χ1) is 7.61. The van der Waals surface area contributed by atoms with Gasteiger partial charge in [-0.3, -0.25) is 4.79 Å². The van der Waals surface area contributed by atoms with Gasteiger partial charge in [0, 0.05) is 17.8 Å². The third-order valence-corrected chi connectivity index (χ3v) is 2.43. The third kappa shape index (κ3) is 4.44. The number of carbonyl (C=O) groups excluding carboxylic acids is 1. The van der Waals surface area contributed by atoms with Crippen LogP contribution in [0.4, 0.5) is 0 Å². The maximum absolute atomic E-state index is 10.6. The molecule has 0 bridgehead atoms. The highest BCUT2D eigenvalue weighted by molar-refractivity contribution is 9.10. The molecule has 0 saturated heterocycles. The summed E-state index contributed by atoms with van der Waals surface area (Å²) in [6.45, 7) is 1.33. The van der Waals surface area contributed by atoms with Crippen LogP contribution in [0.15, 0.2) is 33.9 Å². The number of halogens is 1. The highest BCUT2D eigenvalue weighted by Gasteiger charge is 2.04. The van der Waals surface area contributed by atoms with Crippen molar-refractivity contribution in [3.8, 4) is 0 Å². The Kier molecular flexibility index (Phi) is 4.98. The summed E-state index contributed by atoms with van der Waals surface area (Å²) in [5.74, 6) is -0.392. The van der Waals surface area contributed by atoms with Crippen LogP contribution in [0.25, 0.3) is 0 Å². The van der Waals surface area contributed by atoms with Gasteiger partial charge < -0.3 is 9.94 Å². The molecule has 16 heavy (non-hydrogen) atoms. The molecule has 0 aromatic heterocycles. The first kappa shape index (κ1) is 12.7. The average Bonchev–Trinajstić information content (AvgIpc) is 2.26. The number of hydrogen-bond donors (Lipinski definition) is 1. The summed E-state index contributed by atoms with van der Waals surface area (Å²) in [6.07, 6.45) is 0.455. The lowest BCUT2D eigenvalue weighted by Gasteiger charge is -2.05. The topological polar surface area (TPSA) is 58.9 Å². The summed E-state index contributed by atoms with van der Waals surface area (Å²) >= 11 is 3.33. The minimum Gasteiger partial charge on any atom is -0.460 e. The number of esters is 1.